The number of nitrogens with one attached hydrogen (secondary N) is 1. The van der Waals surface area contributed by atoms with Gasteiger partial charge in [-0.05, 0) is 75.5 Å². The number of aliphatic hydroxyl groups excluding tert-OH is 1. The van der Waals surface area contributed by atoms with Gasteiger partial charge in [0.1, 0.15) is 0 Å². The summed E-state index contributed by atoms with van der Waals surface area (Å²) in [6.07, 6.45) is 42.3. The van der Waals surface area contributed by atoms with Crippen molar-refractivity contribution in [1.82, 2.24) is 0 Å². The van der Waals surface area contributed by atoms with E-state index in [0.717, 1.165) is 30.6 Å². The van der Waals surface area contributed by atoms with Gasteiger partial charge in [-0.1, -0.05) is 153 Å². The molecule has 0 atom stereocenters. The Kier molecular flexibility index (Phi) is 34.7. The molecule has 1 rings (SSSR count). The van der Waals surface area contributed by atoms with Crippen molar-refractivity contribution in [2.75, 3.05) is 18.5 Å². The number of unbranched alkanes of at least 4 members (excludes halogenated alkanes) is 21. The lowest BCUT2D eigenvalue weighted by molar-refractivity contribution is -0.136. The van der Waals surface area contributed by atoms with E-state index in [1.165, 1.54) is 148 Å². The summed E-state index contributed by atoms with van der Waals surface area (Å²) in [7, 11) is 0. The number of benzene rings is 1. The van der Waals surface area contributed by atoms with Crippen LogP contribution < -0.4 is 5.32 Å². The van der Waals surface area contributed by atoms with Crippen LogP contribution in [0.1, 0.15) is 180 Å². The van der Waals surface area contributed by atoms with E-state index < -0.39 is 5.97 Å². The predicted octanol–water partition coefficient (Wildman–Crippen LogP) is 12.6. The zero-order valence-corrected chi connectivity index (χ0v) is 29.7. The summed E-state index contributed by atoms with van der Waals surface area (Å²) in [5.41, 5.74) is 1.92. The van der Waals surface area contributed by atoms with Crippen LogP contribution in [0, 0.1) is 0 Å². The van der Waals surface area contributed by atoms with Crippen molar-refractivity contribution in [3.63, 3.8) is 0 Å². The molecule has 0 radical (unpaired) electrons. The van der Waals surface area contributed by atoms with Gasteiger partial charge < -0.3 is 15.5 Å². The Morgan fingerprint density at radius 1 is 0.556 bits per heavy atom. The van der Waals surface area contributed by atoms with E-state index >= 15 is 0 Å². The number of rotatable bonds is 31. The summed E-state index contributed by atoms with van der Waals surface area (Å²) in [6, 6.07) is 7.72. The number of aliphatic carboxylic acids is 1. The molecule has 0 aliphatic heterocycles. The largest absolute Gasteiger partial charge is 0.481 e. The van der Waals surface area contributed by atoms with Gasteiger partial charge in [0, 0.05) is 18.8 Å². The predicted molar refractivity (Wildman–Crippen MR) is 198 cm³/mol. The first-order valence-electron chi connectivity index (χ1n) is 19.1. The first-order valence-corrected chi connectivity index (χ1v) is 19.1. The molecular weight excluding hydrogens is 554 g/mol. The summed E-state index contributed by atoms with van der Waals surface area (Å²) >= 11 is 0. The zero-order valence-electron chi connectivity index (χ0n) is 29.7. The molecule has 260 valence electrons. The molecule has 4 heteroatoms. The molecule has 45 heavy (non-hydrogen) atoms. The fourth-order valence-electron chi connectivity index (χ4n) is 5.36. The minimum absolute atomic E-state index is 0.0925. The number of hydrogen-bond acceptors (Lipinski definition) is 3. The Labute approximate surface area is 279 Å². The lowest BCUT2D eigenvalue weighted by Crippen LogP contribution is -2.03. The lowest BCUT2D eigenvalue weighted by Gasteiger charge is -2.07. The van der Waals surface area contributed by atoms with Crippen molar-refractivity contribution in [1.29, 1.82) is 0 Å². The van der Waals surface area contributed by atoms with Crippen LogP contribution in [-0.2, 0) is 11.2 Å². The Morgan fingerprint density at radius 3 is 1.33 bits per heavy atom. The quantitative estimate of drug-likeness (QED) is 0.0566. The van der Waals surface area contributed by atoms with Crippen LogP contribution in [0.3, 0.4) is 0 Å². The average Bonchev–Trinajstić information content (AvgIpc) is 3.04. The minimum atomic E-state index is -0.783. The van der Waals surface area contributed by atoms with E-state index in [9.17, 15) is 4.79 Å². The number of hydrogen-bond donors (Lipinski definition) is 3. The molecule has 1 aromatic rings. The smallest absolute Gasteiger partial charge is 0.307 e. The van der Waals surface area contributed by atoms with Crippen LogP contribution in [0.4, 0.5) is 5.69 Å². The zero-order chi connectivity index (χ0) is 32.9. The van der Waals surface area contributed by atoms with Gasteiger partial charge in [-0.15, -0.1) is 0 Å². The Balaban J connectivity index is 0.00000103. The summed E-state index contributed by atoms with van der Waals surface area (Å²) in [4.78, 5) is 10.7. The number of allylic oxidation sites excluding steroid dienone is 4. The maximum atomic E-state index is 10.7. The van der Waals surface area contributed by atoms with E-state index in [1.807, 2.05) is 24.3 Å². The van der Waals surface area contributed by atoms with Crippen molar-refractivity contribution in [3.05, 3.63) is 54.1 Å². The lowest BCUT2D eigenvalue weighted by atomic mass is 10.1. The summed E-state index contributed by atoms with van der Waals surface area (Å²) < 4.78 is 0. The molecule has 0 fully saturated rings. The Hall–Kier alpha value is -2.07. The number of aliphatic hydroxyl groups is 1. The molecule has 0 aliphatic rings. The molecular formula is C41H73NO3. The number of anilines is 1. The highest BCUT2D eigenvalue weighted by atomic mass is 16.4. The van der Waals surface area contributed by atoms with Crippen molar-refractivity contribution in [3.8, 4) is 0 Å². The van der Waals surface area contributed by atoms with Gasteiger partial charge in [0.2, 0.25) is 0 Å². The number of carbonyl (C=O) groups is 1. The van der Waals surface area contributed by atoms with E-state index in [-0.39, 0.29) is 6.42 Å². The summed E-state index contributed by atoms with van der Waals surface area (Å²) in [5.74, 6) is -0.783. The highest BCUT2D eigenvalue weighted by molar-refractivity contribution is 5.70. The van der Waals surface area contributed by atoms with E-state index in [1.54, 1.807) is 0 Å². The first-order chi connectivity index (χ1) is 22.1. The van der Waals surface area contributed by atoms with Crippen LogP contribution in [-0.4, -0.2) is 29.3 Å². The second kappa shape index (κ2) is 36.4. The van der Waals surface area contributed by atoms with E-state index in [4.69, 9.17) is 10.2 Å². The van der Waals surface area contributed by atoms with Gasteiger partial charge in [0.15, 0.2) is 0 Å². The van der Waals surface area contributed by atoms with Gasteiger partial charge >= 0.3 is 5.97 Å². The topological polar surface area (TPSA) is 69.6 Å². The van der Waals surface area contributed by atoms with Crippen molar-refractivity contribution >= 4 is 11.7 Å². The first kappa shape index (κ1) is 42.9. The van der Waals surface area contributed by atoms with Crippen molar-refractivity contribution < 1.29 is 15.0 Å². The van der Waals surface area contributed by atoms with Gasteiger partial charge in [-0.2, -0.15) is 0 Å². The third kappa shape index (κ3) is 34.6. The van der Waals surface area contributed by atoms with Gasteiger partial charge in [-0.3, -0.25) is 4.79 Å². The Morgan fingerprint density at radius 2 is 0.933 bits per heavy atom. The Bertz CT molecular complexity index is 786. The van der Waals surface area contributed by atoms with Crippen LogP contribution in [0.15, 0.2) is 48.6 Å². The van der Waals surface area contributed by atoms with E-state index in [0.29, 0.717) is 6.61 Å². The molecule has 0 spiro atoms. The molecule has 0 saturated heterocycles. The monoisotopic (exact) mass is 628 g/mol. The highest BCUT2D eigenvalue weighted by Gasteiger charge is 2.00. The number of carboxylic acids is 1. The molecule has 0 saturated carbocycles. The molecule has 3 N–H and O–H groups in total. The van der Waals surface area contributed by atoms with Crippen molar-refractivity contribution in [2.45, 2.75) is 181 Å². The van der Waals surface area contributed by atoms with Crippen LogP contribution in [0.25, 0.3) is 0 Å². The fraction of sp³-hybridized carbons (Fsp3) is 0.732. The molecule has 1 aromatic carbocycles. The SMILES string of the molecule is CCCCCCCC/C=C\CCCCCCCCNc1ccc(CC(=O)O)cc1.CCCCCCCCCC/C=C/CCCO. The maximum Gasteiger partial charge on any atom is 0.307 e. The van der Waals surface area contributed by atoms with Gasteiger partial charge in [-0.25, -0.2) is 0 Å². The number of carboxylic acid groups (broad SMARTS) is 1. The molecule has 0 aromatic heterocycles. The molecule has 0 heterocycles. The molecule has 4 nitrogen and oxygen atoms in total. The summed E-state index contributed by atoms with van der Waals surface area (Å²) in [6.45, 7) is 5.85. The molecule has 0 aliphatic carbocycles. The fourth-order valence-corrected chi connectivity index (χ4v) is 5.36. The van der Waals surface area contributed by atoms with E-state index in [2.05, 4.69) is 43.5 Å². The van der Waals surface area contributed by atoms with Gasteiger partial charge in [0.05, 0.1) is 6.42 Å². The second-order valence-electron chi connectivity index (χ2n) is 12.7. The van der Waals surface area contributed by atoms with Crippen LogP contribution in [0.5, 0.6) is 0 Å². The molecule has 0 amide bonds. The standard InChI is InChI=1S/C26H43NO2.C15H30O/c1-2-3-4-5-6-7-8-9-10-11-12-13-14-15-16-17-22-27-25-20-18-24(19-21-25)23-26(28)29;1-2-3-4-5-6-7-8-9-10-11-12-13-14-15-16/h9-10,18-21,27H,2-8,11-17,22-23H2,1H3,(H,28,29);11-12,16H,2-10,13-15H2,1H3/b10-9-;12-11+. The van der Waals surface area contributed by atoms with Crippen LogP contribution in [0.2, 0.25) is 0 Å². The third-order valence-corrected chi connectivity index (χ3v) is 8.25. The summed E-state index contributed by atoms with van der Waals surface area (Å²) in [5, 5.41) is 20.8. The van der Waals surface area contributed by atoms with Crippen molar-refractivity contribution in [2.24, 2.45) is 0 Å². The average molecular weight is 628 g/mol. The second-order valence-corrected chi connectivity index (χ2v) is 12.7. The highest BCUT2D eigenvalue weighted by Crippen LogP contribution is 2.13. The third-order valence-electron chi connectivity index (χ3n) is 8.25. The van der Waals surface area contributed by atoms with Gasteiger partial charge in [0.25, 0.3) is 0 Å². The van der Waals surface area contributed by atoms with Crippen LogP contribution >= 0.6 is 0 Å². The normalized spacial score (nSPS) is 11.3. The molecule has 0 bridgehead atoms. The minimum Gasteiger partial charge on any atom is -0.481 e. The maximum absolute atomic E-state index is 10.7. The molecule has 0 unspecified atom stereocenters.